The molecule has 1 unspecified atom stereocenters. The molecule has 2 N–H and O–H groups in total. The van der Waals surface area contributed by atoms with Crippen molar-refractivity contribution >= 4 is 15.7 Å². The van der Waals surface area contributed by atoms with Crippen molar-refractivity contribution in [2.45, 2.75) is 6.04 Å². The summed E-state index contributed by atoms with van der Waals surface area (Å²) in [7, 11) is -1.30. The Kier molecular flexibility index (Phi) is 4.28. The number of carbonyl (C=O) groups excluding carboxylic acids is 1. The predicted molar refractivity (Wildman–Crippen MR) is 61.8 cm³/mol. The van der Waals surface area contributed by atoms with Crippen molar-refractivity contribution in [1.29, 1.82) is 0 Å². The first-order chi connectivity index (χ1) is 7.33. The van der Waals surface area contributed by atoms with E-state index in [1.54, 1.807) is 4.90 Å². The van der Waals surface area contributed by atoms with Crippen LogP contribution in [0, 0.1) is 0 Å². The van der Waals surface area contributed by atoms with Gasteiger partial charge in [-0.1, -0.05) is 0 Å². The summed E-state index contributed by atoms with van der Waals surface area (Å²) in [5, 5.41) is 0. The van der Waals surface area contributed by atoms with Crippen LogP contribution in [0.5, 0.6) is 0 Å². The Hall–Kier alpha value is -0.660. The number of hydrogen-bond acceptors (Lipinski definition) is 5. The van der Waals surface area contributed by atoms with Crippen molar-refractivity contribution in [1.82, 2.24) is 9.80 Å². The highest BCUT2D eigenvalue weighted by atomic mass is 32.2. The van der Waals surface area contributed by atoms with Crippen LogP contribution in [0.25, 0.3) is 0 Å². The number of piperazine rings is 1. The number of nitrogens with two attached hydrogens (primary N) is 1. The first kappa shape index (κ1) is 13.4. The van der Waals surface area contributed by atoms with Crippen molar-refractivity contribution in [3.63, 3.8) is 0 Å². The zero-order valence-electron chi connectivity index (χ0n) is 9.72. The summed E-state index contributed by atoms with van der Waals surface area (Å²) in [6.07, 6.45) is 1.07. The van der Waals surface area contributed by atoms with Gasteiger partial charge in [-0.25, -0.2) is 8.42 Å². The second-order valence-electron chi connectivity index (χ2n) is 4.31. The zero-order chi connectivity index (χ0) is 12.3. The van der Waals surface area contributed by atoms with Crippen LogP contribution < -0.4 is 5.73 Å². The number of carbonyl (C=O) groups is 1. The molecule has 0 aromatic heterocycles. The van der Waals surface area contributed by atoms with E-state index in [1.165, 1.54) is 0 Å². The van der Waals surface area contributed by atoms with Gasteiger partial charge in [-0.15, -0.1) is 0 Å². The SMILES string of the molecule is CN1CCN(C(=O)CS(C)(=O)=O)C(CN)C1. The maximum atomic E-state index is 11.8. The summed E-state index contributed by atoms with van der Waals surface area (Å²) in [4.78, 5) is 15.4. The van der Waals surface area contributed by atoms with Gasteiger partial charge in [0.25, 0.3) is 0 Å². The second kappa shape index (κ2) is 5.11. The lowest BCUT2D eigenvalue weighted by Crippen LogP contribution is -2.57. The van der Waals surface area contributed by atoms with Crippen LogP contribution in [-0.4, -0.2) is 75.4 Å². The molecule has 1 rings (SSSR count). The minimum absolute atomic E-state index is 0.0759. The van der Waals surface area contributed by atoms with E-state index in [1.807, 2.05) is 7.05 Å². The quantitative estimate of drug-likeness (QED) is 0.633. The van der Waals surface area contributed by atoms with Crippen molar-refractivity contribution in [2.75, 3.05) is 45.2 Å². The third-order valence-electron chi connectivity index (χ3n) is 2.66. The summed E-state index contributed by atoms with van der Waals surface area (Å²) >= 11 is 0. The van der Waals surface area contributed by atoms with Gasteiger partial charge in [-0.05, 0) is 7.05 Å². The summed E-state index contributed by atoms with van der Waals surface area (Å²) in [6, 6.07) is -0.0759. The lowest BCUT2D eigenvalue weighted by atomic mass is 10.2. The number of amides is 1. The highest BCUT2D eigenvalue weighted by Crippen LogP contribution is 2.08. The van der Waals surface area contributed by atoms with E-state index >= 15 is 0 Å². The van der Waals surface area contributed by atoms with Gasteiger partial charge >= 0.3 is 0 Å². The fraction of sp³-hybridized carbons (Fsp3) is 0.889. The highest BCUT2D eigenvalue weighted by molar-refractivity contribution is 7.91. The molecule has 0 aliphatic carbocycles. The van der Waals surface area contributed by atoms with Crippen molar-refractivity contribution < 1.29 is 13.2 Å². The predicted octanol–water partition coefficient (Wildman–Crippen LogP) is -1.87. The Morgan fingerprint density at radius 2 is 2.06 bits per heavy atom. The van der Waals surface area contributed by atoms with E-state index in [4.69, 9.17) is 5.73 Å². The van der Waals surface area contributed by atoms with Crippen molar-refractivity contribution in [3.05, 3.63) is 0 Å². The van der Waals surface area contributed by atoms with E-state index in [0.29, 0.717) is 19.6 Å². The maximum absolute atomic E-state index is 11.8. The molecule has 16 heavy (non-hydrogen) atoms. The molecule has 1 amide bonds. The van der Waals surface area contributed by atoms with Crippen LogP contribution in [0.1, 0.15) is 0 Å². The van der Waals surface area contributed by atoms with Gasteiger partial charge in [-0.2, -0.15) is 0 Å². The summed E-state index contributed by atoms with van der Waals surface area (Å²) in [5.41, 5.74) is 5.59. The van der Waals surface area contributed by atoms with Gasteiger partial charge in [0.15, 0.2) is 9.84 Å². The Morgan fingerprint density at radius 3 is 2.56 bits per heavy atom. The normalized spacial score (nSPS) is 23.4. The minimum Gasteiger partial charge on any atom is -0.335 e. The molecule has 0 spiro atoms. The van der Waals surface area contributed by atoms with Crippen LogP contribution >= 0.6 is 0 Å². The van der Waals surface area contributed by atoms with Gasteiger partial charge in [0.2, 0.25) is 5.91 Å². The molecule has 0 radical (unpaired) electrons. The van der Waals surface area contributed by atoms with Crippen molar-refractivity contribution in [2.24, 2.45) is 5.73 Å². The number of rotatable bonds is 3. The fourth-order valence-electron chi connectivity index (χ4n) is 1.85. The van der Waals surface area contributed by atoms with Crippen LogP contribution in [0.3, 0.4) is 0 Å². The monoisotopic (exact) mass is 249 g/mol. The van der Waals surface area contributed by atoms with Gasteiger partial charge in [-0.3, -0.25) is 4.79 Å². The summed E-state index contributed by atoms with van der Waals surface area (Å²) < 4.78 is 22.1. The molecular weight excluding hydrogens is 230 g/mol. The van der Waals surface area contributed by atoms with Crippen LogP contribution in [0.15, 0.2) is 0 Å². The molecule has 0 bridgehead atoms. The zero-order valence-corrected chi connectivity index (χ0v) is 10.5. The third kappa shape index (κ3) is 3.73. The number of sulfone groups is 1. The first-order valence-corrected chi connectivity index (χ1v) is 7.25. The molecule has 7 heteroatoms. The number of hydrogen-bond donors (Lipinski definition) is 1. The van der Waals surface area contributed by atoms with E-state index in [9.17, 15) is 13.2 Å². The summed E-state index contributed by atoms with van der Waals surface area (Å²) in [5.74, 6) is -0.765. The average Bonchev–Trinajstić information content (AvgIpc) is 2.14. The summed E-state index contributed by atoms with van der Waals surface area (Å²) in [6.45, 7) is 2.37. The van der Waals surface area contributed by atoms with E-state index < -0.39 is 15.6 Å². The molecule has 6 nitrogen and oxygen atoms in total. The lowest BCUT2D eigenvalue weighted by Gasteiger charge is -2.39. The molecule has 1 fully saturated rings. The van der Waals surface area contributed by atoms with Gasteiger partial charge < -0.3 is 15.5 Å². The fourth-order valence-corrected chi connectivity index (χ4v) is 2.46. The van der Waals surface area contributed by atoms with Crippen LogP contribution in [0.2, 0.25) is 0 Å². The minimum atomic E-state index is -3.26. The largest absolute Gasteiger partial charge is 0.335 e. The van der Waals surface area contributed by atoms with Crippen LogP contribution in [-0.2, 0) is 14.6 Å². The smallest absolute Gasteiger partial charge is 0.238 e. The third-order valence-corrected chi connectivity index (χ3v) is 3.44. The maximum Gasteiger partial charge on any atom is 0.238 e. The van der Waals surface area contributed by atoms with Crippen LogP contribution in [0.4, 0.5) is 0 Å². The average molecular weight is 249 g/mol. The van der Waals surface area contributed by atoms with Gasteiger partial charge in [0.1, 0.15) is 5.75 Å². The molecule has 0 aromatic carbocycles. The van der Waals surface area contributed by atoms with E-state index in [0.717, 1.165) is 12.8 Å². The number of likely N-dealkylation sites (N-methyl/N-ethyl adjacent to an activating group) is 1. The molecule has 0 saturated carbocycles. The van der Waals surface area contributed by atoms with Crippen molar-refractivity contribution in [3.8, 4) is 0 Å². The number of nitrogens with zero attached hydrogens (tertiary/aromatic N) is 2. The Morgan fingerprint density at radius 1 is 1.44 bits per heavy atom. The van der Waals surface area contributed by atoms with Gasteiger partial charge in [0, 0.05) is 32.4 Å². The molecular formula is C9H19N3O3S. The molecule has 0 aromatic rings. The molecule has 1 aliphatic heterocycles. The van der Waals surface area contributed by atoms with Gasteiger partial charge in [0.05, 0.1) is 6.04 Å². The highest BCUT2D eigenvalue weighted by Gasteiger charge is 2.29. The molecule has 1 saturated heterocycles. The molecule has 1 atom stereocenters. The lowest BCUT2D eigenvalue weighted by molar-refractivity contribution is -0.132. The molecule has 1 heterocycles. The molecule has 94 valence electrons. The topological polar surface area (TPSA) is 83.7 Å². The second-order valence-corrected chi connectivity index (χ2v) is 6.45. The Bertz CT molecular complexity index is 355. The molecule has 1 aliphatic rings. The van der Waals surface area contributed by atoms with E-state index in [2.05, 4.69) is 4.90 Å². The Balaban J connectivity index is 2.67. The van der Waals surface area contributed by atoms with E-state index in [-0.39, 0.29) is 11.9 Å². The standard InChI is InChI=1S/C9H19N3O3S/c1-11-3-4-12(8(5-10)6-11)9(13)7-16(2,14)15/h8H,3-7,10H2,1-2H3. The first-order valence-electron chi connectivity index (χ1n) is 5.19. The Labute approximate surface area is 96.3 Å².